The van der Waals surface area contributed by atoms with Crippen LogP contribution in [0.1, 0.15) is 18.1 Å². The van der Waals surface area contributed by atoms with E-state index in [2.05, 4.69) is 22.9 Å². The molecule has 3 nitrogen and oxygen atoms in total. The molecular weight excluding hydrogens is 243 g/mol. The summed E-state index contributed by atoms with van der Waals surface area (Å²) in [6, 6.07) is 9.71. The van der Waals surface area contributed by atoms with E-state index in [9.17, 15) is 9.50 Å². The van der Waals surface area contributed by atoms with E-state index in [0.717, 1.165) is 12.1 Å². The van der Waals surface area contributed by atoms with E-state index in [1.807, 2.05) is 18.2 Å². The van der Waals surface area contributed by atoms with Crippen LogP contribution in [0.4, 0.5) is 15.9 Å². The summed E-state index contributed by atoms with van der Waals surface area (Å²) >= 11 is 0. The molecule has 1 unspecified atom stereocenters. The Bertz CT molecular complexity index is 615. The molecule has 0 bridgehead atoms. The number of halogens is 1. The van der Waals surface area contributed by atoms with E-state index in [1.165, 1.54) is 17.8 Å². The molecule has 1 atom stereocenters. The third-order valence-corrected chi connectivity index (χ3v) is 3.52. The van der Waals surface area contributed by atoms with Crippen LogP contribution in [0, 0.1) is 5.82 Å². The van der Waals surface area contributed by atoms with Gasteiger partial charge in [0.15, 0.2) is 0 Å². The number of hydrogen-bond donors (Lipinski definition) is 1. The number of aliphatic hydroxyl groups excluding tert-OH is 1. The average Bonchev–Trinajstić information content (AvgIpc) is 2.74. The first kappa shape index (κ1) is 12.1. The van der Waals surface area contributed by atoms with Gasteiger partial charge in [0.05, 0.1) is 12.8 Å². The fourth-order valence-electron chi connectivity index (χ4n) is 2.70. The number of para-hydroxylation sites is 1. The summed E-state index contributed by atoms with van der Waals surface area (Å²) in [5.41, 5.74) is 2.86. The van der Waals surface area contributed by atoms with E-state index >= 15 is 0 Å². The highest BCUT2D eigenvalue weighted by molar-refractivity contribution is 5.70. The highest BCUT2D eigenvalue weighted by atomic mass is 19.1. The lowest BCUT2D eigenvalue weighted by molar-refractivity contribution is 0.281. The molecule has 98 valence electrons. The van der Waals surface area contributed by atoms with E-state index in [4.69, 9.17) is 0 Å². The largest absolute Gasteiger partial charge is 0.392 e. The van der Waals surface area contributed by atoms with Crippen LogP contribution in [0.25, 0.3) is 0 Å². The number of anilines is 2. The van der Waals surface area contributed by atoms with Gasteiger partial charge in [-0.3, -0.25) is 0 Å². The van der Waals surface area contributed by atoms with Gasteiger partial charge in [-0.1, -0.05) is 18.2 Å². The lowest BCUT2D eigenvalue weighted by atomic mass is 10.1. The van der Waals surface area contributed by atoms with Crippen molar-refractivity contribution >= 4 is 11.5 Å². The maximum absolute atomic E-state index is 13.2. The Hall–Kier alpha value is -1.94. The number of hydrogen-bond acceptors (Lipinski definition) is 3. The van der Waals surface area contributed by atoms with Gasteiger partial charge in [0, 0.05) is 17.3 Å². The smallest absolute Gasteiger partial charge is 0.142 e. The first-order valence-electron chi connectivity index (χ1n) is 6.33. The van der Waals surface area contributed by atoms with Crippen molar-refractivity contribution in [3.8, 4) is 0 Å². The van der Waals surface area contributed by atoms with Crippen molar-refractivity contribution < 1.29 is 9.50 Å². The van der Waals surface area contributed by atoms with E-state index in [-0.39, 0.29) is 12.6 Å². The third kappa shape index (κ3) is 1.98. The quantitative estimate of drug-likeness (QED) is 0.899. The lowest BCUT2D eigenvalue weighted by Gasteiger charge is -2.25. The van der Waals surface area contributed by atoms with Crippen molar-refractivity contribution in [2.75, 3.05) is 4.90 Å². The molecular formula is C15H15FN2O. The molecule has 0 saturated carbocycles. The summed E-state index contributed by atoms with van der Waals surface area (Å²) in [7, 11) is 0. The van der Waals surface area contributed by atoms with Gasteiger partial charge >= 0.3 is 0 Å². The SMILES string of the molecule is CC1Cc2ccccc2N1c1ncc(F)cc1CO. The normalized spacial score (nSPS) is 17.6. The molecule has 1 aromatic carbocycles. The summed E-state index contributed by atoms with van der Waals surface area (Å²) < 4.78 is 13.2. The molecule has 0 amide bonds. The predicted molar refractivity (Wildman–Crippen MR) is 71.9 cm³/mol. The summed E-state index contributed by atoms with van der Waals surface area (Å²) in [6.45, 7) is 1.89. The van der Waals surface area contributed by atoms with Gasteiger partial charge in [-0.25, -0.2) is 9.37 Å². The molecule has 3 rings (SSSR count). The number of nitrogens with zero attached hydrogens (tertiary/aromatic N) is 2. The standard InChI is InChI=1S/C15H15FN2O/c1-10-6-11-4-2-3-5-14(11)18(10)15-12(9-19)7-13(16)8-17-15/h2-5,7-8,10,19H,6,9H2,1H3. The molecule has 0 spiro atoms. The summed E-state index contributed by atoms with van der Waals surface area (Å²) in [5.74, 6) is 0.217. The predicted octanol–water partition coefficient (Wildman–Crippen LogP) is 2.80. The van der Waals surface area contributed by atoms with Crippen LogP contribution < -0.4 is 4.90 Å². The van der Waals surface area contributed by atoms with Gasteiger partial charge in [0.25, 0.3) is 0 Å². The van der Waals surface area contributed by atoms with E-state index < -0.39 is 5.82 Å². The molecule has 1 aliphatic heterocycles. The fraction of sp³-hybridized carbons (Fsp3) is 0.267. The van der Waals surface area contributed by atoms with Crippen molar-refractivity contribution in [3.05, 3.63) is 53.5 Å². The van der Waals surface area contributed by atoms with Gasteiger partial charge < -0.3 is 10.0 Å². The van der Waals surface area contributed by atoms with Gasteiger partial charge in [-0.2, -0.15) is 0 Å². The van der Waals surface area contributed by atoms with E-state index in [0.29, 0.717) is 11.4 Å². The van der Waals surface area contributed by atoms with Gasteiger partial charge in [-0.15, -0.1) is 0 Å². The van der Waals surface area contributed by atoms with Crippen molar-refractivity contribution in [1.82, 2.24) is 4.98 Å². The molecule has 0 saturated heterocycles. The highest BCUT2D eigenvalue weighted by Crippen LogP contribution is 2.38. The zero-order chi connectivity index (χ0) is 13.4. The molecule has 2 aromatic rings. The second-order valence-corrected chi connectivity index (χ2v) is 4.85. The number of pyridine rings is 1. The first-order chi connectivity index (χ1) is 9.20. The Morgan fingerprint density at radius 1 is 1.42 bits per heavy atom. The van der Waals surface area contributed by atoms with Crippen molar-refractivity contribution in [3.63, 3.8) is 0 Å². The molecule has 1 N–H and O–H groups in total. The van der Waals surface area contributed by atoms with Crippen LogP contribution in [0.5, 0.6) is 0 Å². The Kier molecular flexibility index (Phi) is 2.95. The highest BCUT2D eigenvalue weighted by Gasteiger charge is 2.29. The molecule has 1 aromatic heterocycles. The number of benzene rings is 1. The number of aliphatic hydroxyl groups is 1. The molecule has 2 heterocycles. The second kappa shape index (κ2) is 4.63. The van der Waals surface area contributed by atoms with Crippen molar-refractivity contribution in [1.29, 1.82) is 0 Å². The molecule has 0 radical (unpaired) electrons. The van der Waals surface area contributed by atoms with Gasteiger partial charge in [0.2, 0.25) is 0 Å². The first-order valence-corrected chi connectivity index (χ1v) is 6.33. The average molecular weight is 258 g/mol. The van der Waals surface area contributed by atoms with Crippen LogP contribution in [-0.2, 0) is 13.0 Å². The zero-order valence-electron chi connectivity index (χ0n) is 10.7. The van der Waals surface area contributed by atoms with Crippen molar-refractivity contribution in [2.24, 2.45) is 0 Å². The third-order valence-electron chi connectivity index (χ3n) is 3.52. The molecule has 1 aliphatic rings. The van der Waals surface area contributed by atoms with Crippen LogP contribution in [-0.4, -0.2) is 16.1 Å². The maximum atomic E-state index is 13.2. The fourth-order valence-corrected chi connectivity index (χ4v) is 2.70. The van der Waals surface area contributed by atoms with Gasteiger partial charge in [-0.05, 0) is 31.0 Å². The maximum Gasteiger partial charge on any atom is 0.142 e. The number of fused-ring (bicyclic) bond motifs is 1. The van der Waals surface area contributed by atoms with E-state index in [1.54, 1.807) is 0 Å². The lowest BCUT2D eigenvalue weighted by Crippen LogP contribution is -2.26. The molecule has 4 heteroatoms. The zero-order valence-corrected chi connectivity index (χ0v) is 10.7. The van der Waals surface area contributed by atoms with Crippen molar-refractivity contribution in [2.45, 2.75) is 26.0 Å². The minimum absolute atomic E-state index is 0.217. The van der Waals surface area contributed by atoms with Crippen LogP contribution in [0.15, 0.2) is 36.5 Å². The Labute approximate surface area is 111 Å². The van der Waals surface area contributed by atoms with Crippen LogP contribution in [0.2, 0.25) is 0 Å². The number of rotatable bonds is 2. The Balaban J connectivity index is 2.12. The topological polar surface area (TPSA) is 36.4 Å². The minimum Gasteiger partial charge on any atom is -0.392 e. The summed E-state index contributed by atoms with van der Waals surface area (Å²) in [4.78, 5) is 6.24. The molecule has 0 aliphatic carbocycles. The monoisotopic (exact) mass is 258 g/mol. The minimum atomic E-state index is -0.423. The molecule has 19 heavy (non-hydrogen) atoms. The van der Waals surface area contributed by atoms with Crippen LogP contribution >= 0.6 is 0 Å². The molecule has 0 fully saturated rings. The Morgan fingerprint density at radius 2 is 2.21 bits per heavy atom. The number of aromatic nitrogens is 1. The summed E-state index contributed by atoms with van der Waals surface area (Å²) in [6.07, 6.45) is 2.13. The Morgan fingerprint density at radius 3 is 3.00 bits per heavy atom. The second-order valence-electron chi connectivity index (χ2n) is 4.85. The van der Waals surface area contributed by atoms with Crippen LogP contribution in [0.3, 0.4) is 0 Å². The van der Waals surface area contributed by atoms with Gasteiger partial charge in [0.1, 0.15) is 11.6 Å². The summed E-state index contributed by atoms with van der Waals surface area (Å²) in [5, 5.41) is 9.40.